The summed E-state index contributed by atoms with van der Waals surface area (Å²) in [6.07, 6.45) is -0.0888. The summed E-state index contributed by atoms with van der Waals surface area (Å²) in [5.74, 6) is -0.437. The number of carbonyl (C=O) groups excluding carboxylic acids is 2. The average Bonchev–Trinajstić information content (AvgIpc) is 2.17. The second-order valence-corrected chi connectivity index (χ2v) is 3.56. The largest absolute Gasteiger partial charge is 0.380 e. The lowest BCUT2D eigenvalue weighted by Gasteiger charge is -2.06. The zero-order chi connectivity index (χ0) is 12.0. The van der Waals surface area contributed by atoms with Gasteiger partial charge in [-0.05, 0) is 24.6 Å². The lowest BCUT2D eigenvalue weighted by molar-refractivity contribution is -0.124. The van der Waals surface area contributed by atoms with E-state index in [9.17, 15) is 9.59 Å². The molecule has 0 heterocycles. The van der Waals surface area contributed by atoms with E-state index in [0.717, 1.165) is 5.56 Å². The first-order chi connectivity index (χ1) is 7.61. The van der Waals surface area contributed by atoms with Gasteiger partial charge in [0.25, 0.3) is 0 Å². The Balaban J connectivity index is 2.62. The van der Waals surface area contributed by atoms with Gasteiger partial charge in [0.2, 0.25) is 5.91 Å². The Bertz CT molecular complexity index is 388. The van der Waals surface area contributed by atoms with Crippen LogP contribution in [0, 0.1) is 0 Å². The third-order valence-electron chi connectivity index (χ3n) is 1.93. The lowest BCUT2D eigenvalue weighted by atomic mass is 10.2. The van der Waals surface area contributed by atoms with Gasteiger partial charge in [-0.3, -0.25) is 9.59 Å². The minimum absolute atomic E-state index is 0.0888. The highest BCUT2D eigenvalue weighted by atomic mass is 16.5. The highest BCUT2D eigenvalue weighted by molar-refractivity contribution is 6.03. The number of rotatable bonds is 5. The molecule has 0 aliphatic rings. The highest BCUT2D eigenvalue weighted by Gasteiger charge is 2.05. The van der Waals surface area contributed by atoms with E-state index in [-0.39, 0.29) is 18.1 Å². The fraction of sp³-hybridized carbons (Fsp3) is 0.333. The molecule has 4 nitrogen and oxygen atoms in total. The summed E-state index contributed by atoms with van der Waals surface area (Å²) < 4.78 is 4.99. The van der Waals surface area contributed by atoms with E-state index in [1.807, 2.05) is 18.2 Å². The van der Waals surface area contributed by atoms with Crippen molar-refractivity contribution in [3.8, 4) is 0 Å². The number of Topliss-reactive ketones (excluding diaryl/α,β-unsaturated/α-hetero) is 1. The molecule has 0 radical (unpaired) electrons. The number of ether oxygens (including phenoxy) is 1. The summed E-state index contributed by atoms with van der Waals surface area (Å²) in [4.78, 5) is 22.1. The van der Waals surface area contributed by atoms with Crippen molar-refractivity contribution >= 4 is 17.4 Å². The fourth-order valence-electron chi connectivity index (χ4n) is 1.34. The maximum Gasteiger partial charge on any atom is 0.231 e. The number of amides is 1. The molecule has 0 saturated heterocycles. The number of anilines is 1. The van der Waals surface area contributed by atoms with Gasteiger partial charge in [-0.1, -0.05) is 12.1 Å². The number of hydrogen-bond donors (Lipinski definition) is 1. The Morgan fingerprint density at radius 3 is 2.75 bits per heavy atom. The fourth-order valence-corrected chi connectivity index (χ4v) is 1.34. The van der Waals surface area contributed by atoms with E-state index < -0.39 is 0 Å². The number of nitrogens with one attached hydrogen (secondary N) is 1. The van der Waals surface area contributed by atoms with Crippen molar-refractivity contribution in [2.45, 2.75) is 20.0 Å². The molecule has 0 fully saturated rings. The van der Waals surface area contributed by atoms with Gasteiger partial charge < -0.3 is 10.1 Å². The Hall–Kier alpha value is -1.68. The van der Waals surface area contributed by atoms with Crippen LogP contribution in [0.4, 0.5) is 5.69 Å². The first kappa shape index (κ1) is 12.4. The molecule has 0 aliphatic carbocycles. The van der Waals surface area contributed by atoms with Gasteiger partial charge in [-0.2, -0.15) is 0 Å². The molecule has 0 aromatic heterocycles. The molecule has 0 bridgehead atoms. The minimum atomic E-state index is -0.290. The number of ketones is 1. The Kier molecular flexibility index (Phi) is 4.66. The van der Waals surface area contributed by atoms with Crippen molar-refractivity contribution in [1.29, 1.82) is 0 Å². The molecule has 4 heteroatoms. The predicted molar refractivity (Wildman–Crippen MR) is 61.1 cm³/mol. The van der Waals surface area contributed by atoms with Gasteiger partial charge in [0.1, 0.15) is 5.78 Å². The molecule has 0 atom stereocenters. The minimum Gasteiger partial charge on any atom is -0.380 e. The molecule has 16 heavy (non-hydrogen) atoms. The van der Waals surface area contributed by atoms with Gasteiger partial charge in [0.15, 0.2) is 0 Å². The van der Waals surface area contributed by atoms with Crippen LogP contribution in [0.5, 0.6) is 0 Å². The molecule has 0 unspecified atom stereocenters. The van der Waals surface area contributed by atoms with Crippen LogP contribution < -0.4 is 5.32 Å². The maximum absolute atomic E-state index is 11.3. The van der Waals surface area contributed by atoms with E-state index in [1.165, 1.54) is 6.92 Å². The highest BCUT2D eigenvalue weighted by Crippen LogP contribution is 2.11. The van der Waals surface area contributed by atoms with E-state index in [1.54, 1.807) is 13.2 Å². The number of hydrogen-bond acceptors (Lipinski definition) is 3. The third kappa shape index (κ3) is 4.23. The standard InChI is InChI=1S/C12H15NO3/c1-9(14)6-12(15)13-11-5-3-4-10(7-11)8-16-2/h3-5,7H,6,8H2,1-2H3,(H,13,15). The number of carbonyl (C=O) groups is 2. The molecule has 86 valence electrons. The molecular formula is C12H15NO3. The molecule has 1 rings (SSSR count). The monoisotopic (exact) mass is 221 g/mol. The molecule has 0 spiro atoms. The summed E-state index contributed by atoms with van der Waals surface area (Å²) in [5.41, 5.74) is 1.66. The molecule has 1 amide bonds. The Morgan fingerprint density at radius 2 is 2.12 bits per heavy atom. The Morgan fingerprint density at radius 1 is 1.38 bits per heavy atom. The second kappa shape index (κ2) is 6.02. The van der Waals surface area contributed by atoms with Gasteiger partial charge in [0, 0.05) is 12.8 Å². The van der Waals surface area contributed by atoms with Crippen molar-refractivity contribution in [2.24, 2.45) is 0 Å². The van der Waals surface area contributed by atoms with Gasteiger partial charge in [0.05, 0.1) is 13.0 Å². The van der Waals surface area contributed by atoms with E-state index in [0.29, 0.717) is 12.3 Å². The van der Waals surface area contributed by atoms with E-state index in [4.69, 9.17) is 4.74 Å². The molecule has 0 saturated carbocycles. The average molecular weight is 221 g/mol. The zero-order valence-electron chi connectivity index (χ0n) is 9.45. The van der Waals surface area contributed by atoms with Gasteiger partial charge >= 0.3 is 0 Å². The van der Waals surface area contributed by atoms with Crippen molar-refractivity contribution in [3.05, 3.63) is 29.8 Å². The second-order valence-electron chi connectivity index (χ2n) is 3.56. The van der Waals surface area contributed by atoms with Crippen LogP contribution >= 0.6 is 0 Å². The van der Waals surface area contributed by atoms with Crippen molar-refractivity contribution < 1.29 is 14.3 Å². The van der Waals surface area contributed by atoms with Gasteiger partial charge in [-0.25, -0.2) is 0 Å². The molecule has 1 aromatic carbocycles. The van der Waals surface area contributed by atoms with E-state index >= 15 is 0 Å². The number of benzene rings is 1. The molecular weight excluding hydrogens is 206 g/mol. The first-order valence-electron chi connectivity index (χ1n) is 4.99. The van der Waals surface area contributed by atoms with Crippen molar-refractivity contribution in [3.63, 3.8) is 0 Å². The van der Waals surface area contributed by atoms with E-state index in [2.05, 4.69) is 5.32 Å². The SMILES string of the molecule is COCc1cccc(NC(=O)CC(C)=O)c1. The van der Waals surface area contributed by atoms with Crippen molar-refractivity contribution in [2.75, 3.05) is 12.4 Å². The molecule has 0 aliphatic heterocycles. The van der Waals surface area contributed by atoms with Crippen LogP contribution in [0.15, 0.2) is 24.3 Å². The van der Waals surface area contributed by atoms with Crippen LogP contribution in [-0.4, -0.2) is 18.8 Å². The van der Waals surface area contributed by atoms with Crippen LogP contribution in [0.1, 0.15) is 18.9 Å². The third-order valence-corrected chi connectivity index (χ3v) is 1.93. The summed E-state index contributed by atoms with van der Waals surface area (Å²) in [5, 5.41) is 2.66. The summed E-state index contributed by atoms with van der Waals surface area (Å²) in [6, 6.07) is 7.33. The number of methoxy groups -OCH3 is 1. The summed E-state index contributed by atoms with van der Waals surface area (Å²) in [7, 11) is 1.61. The normalized spacial score (nSPS) is 9.88. The summed E-state index contributed by atoms with van der Waals surface area (Å²) >= 11 is 0. The van der Waals surface area contributed by atoms with Crippen molar-refractivity contribution in [1.82, 2.24) is 0 Å². The van der Waals surface area contributed by atoms with Crippen LogP contribution in [0.25, 0.3) is 0 Å². The maximum atomic E-state index is 11.3. The smallest absolute Gasteiger partial charge is 0.231 e. The lowest BCUT2D eigenvalue weighted by Crippen LogP contribution is -2.14. The molecule has 1 aromatic rings. The van der Waals surface area contributed by atoms with Crippen LogP contribution in [-0.2, 0) is 20.9 Å². The van der Waals surface area contributed by atoms with Crippen LogP contribution in [0.2, 0.25) is 0 Å². The topological polar surface area (TPSA) is 55.4 Å². The van der Waals surface area contributed by atoms with Crippen LogP contribution in [0.3, 0.4) is 0 Å². The first-order valence-corrected chi connectivity index (χ1v) is 4.99. The Labute approximate surface area is 94.6 Å². The van der Waals surface area contributed by atoms with Gasteiger partial charge in [-0.15, -0.1) is 0 Å². The quantitative estimate of drug-likeness (QED) is 0.771. The summed E-state index contributed by atoms with van der Waals surface area (Å²) in [6.45, 7) is 1.89. The predicted octanol–water partition coefficient (Wildman–Crippen LogP) is 1.75. The molecule has 1 N–H and O–H groups in total. The zero-order valence-corrected chi connectivity index (χ0v) is 9.45.